The Morgan fingerprint density at radius 2 is 1.27 bits per heavy atom. The second kappa shape index (κ2) is 13.7. The minimum absolute atomic E-state index is 0.0283. The number of carbonyl (C=O) groups excluding carboxylic acids is 1. The van der Waals surface area contributed by atoms with Crippen LogP contribution in [0.3, 0.4) is 0 Å². The van der Waals surface area contributed by atoms with Crippen molar-refractivity contribution in [1.82, 2.24) is 0 Å². The summed E-state index contributed by atoms with van der Waals surface area (Å²) in [5.74, 6) is -1.01. The van der Waals surface area contributed by atoms with E-state index in [0.29, 0.717) is 12.8 Å². The van der Waals surface area contributed by atoms with E-state index in [4.69, 9.17) is 16.6 Å². The summed E-state index contributed by atoms with van der Waals surface area (Å²) < 4.78 is 0. The number of Topliss-reactive ketones (excluding diaryl/α,β-unsaturated/α-hetero) is 1. The summed E-state index contributed by atoms with van der Waals surface area (Å²) in [5.41, 5.74) is 11.2. The predicted octanol–water partition coefficient (Wildman–Crippen LogP) is 3.00. The van der Waals surface area contributed by atoms with Crippen LogP contribution >= 0.6 is 0 Å². The summed E-state index contributed by atoms with van der Waals surface area (Å²) in [6, 6.07) is -1.49. The van der Waals surface area contributed by atoms with Crippen LogP contribution in [0.25, 0.3) is 0 Å². The predicted molar refractivity (Wildman–Crippen MR) is 89.7 cm³/mol. The van der Waals surface area contributed by atoms with Crippen LogP contribution in [0.2, 0.25) is 0 Å². The number of hydrogen-bond acceptors (Lipinski definition) is 4. The molecule has 130 valence electrons. The summed E-state index contributed by atoms with van der Waals surface area (Å²) in [6.07, 6.45) is 12.0. The van der Waals surface area contributed by atoms with Gasteiger partial charge < -0.3 is 16.6 Å². The van der Waals surface area contributed by atoms with Crippen molar-refractivity contribution in [2.45, 2.75) is 96.1 Å². The van der Waals surface area contributed by atoms with E-state index in [1.807, 2.05) is 0 Å². The number of ketones is 1. The van der Waals surface area contributed by atoms with Gasteiger partial charge in [-0.1, -0.05) is 58.3 Å². The zero-order chi connectivity index (χ0) is 16.8. The highest BCUT2D eigenvalue weighted by atomic mass is 16.4. The Bertz CT molecular complexity index is 308. The van der Waals surface area contributed by atoms with Gasteiger partial charge in [0, 0.05) is 6.42 Å². The molecule has 0 radical (unpaired) electrons. The molecule has 0 rings (SSSR count). The first-order valence-corrected chi connectivity index (χ1v) is 8.75. The van der Waals surface area contributed by atoms with E-state index in [2.05, 4.69) is 6.92 Å². The molecule has 22 heavy (non-hydrogen) atoms. The van der Waals surface area contributed by atoms with Crippen molar-refractivity contribution in [3.05, 3.63) is 0 Å². The van der Waals surface area contributed by atoms with Crippen LogP contribution < -0.4 is 11.5 Å². The molecule has 5 N–H and O–H groups in total. The van der Waals surface area contributed by atoms with Gasteiger partial charge in [-0.2, -0.15) is 0 Å². The summed E-state index contributed by atoms with van der Waals surface area (Å²) >= 11 is 0. The summed E-state index contributed by atoms with van der Waals surface area (Å²) in [6.45, 7) is 2.22. The van der Waals surface area contributed by atoms with Crippen molar-refractivity contribution in [1.29, 1.82) is 0 Å². The zero-order valence-electron chi connectivity index (χ0n) is 14.1. The first-order chi connectivity index (χ1) is 10.5. The van der Waals surface area contributed by atoms with E-state index in [1.54, 1.807) is 0 Å². The van der Waals surface area contributed by atoms with Gasteiger partial charge in [0.25, 0.3) is 0 Å². The van der Waals surface area contributed by atoms with Gasteiger partial charge in [-0.25, -0.2) is 0 Å². The second-order valence-electron chi connectivity index (χ2n) is 6.17. The SMILES string of the molecule is CCCCCCCCCCCC(=O)C(N)CC[C@H](N)C(=O)O. The maximum Gasteiger partial charge on any atom is 0.320 e. The van der Waals surface area contributed by atoms with Crippen LogP contribution in [0.1, 0.15) is 84.0 Å². The molecule has 0 aliphatic carbocycles. The molecule has 0 saturated carbocycles. The number of carboxylic acid groups (broad SMARTS) is 1. The molecule has 0 aromatic rings. The van der Waals surface area contributed by atoms with Gasteiger partial charge in [0.05, 0.1) is 6.04 Å². The Morgan fingerprint density at radius 3 is 1.77 bits per heavy atom. The molecule has 5 heteroatoms. The number of carboxylic acids is 1. The minimum atomic E-state index is -1.04. The maximum atomic E-state index is 11.8. The fraction of sp³-hybridized carbons (Fsp3) is 0.882. The zero-order valence-corrected chi connectivity index (χ0v) is 14.1. The van der Waals surface area contributed by atoms with Gasteiger partial charge in [-0.15, -0.1) is 0 Å². The second-order valence-corrected chi connectivity index (χ2v) is 6.17. The average Bonchev–Trinajstić information content (AvgIpc) is 2.50. The Morgan fingerprint density at radius 1 is 0.818 bits per heavy atom. The number of unbranched alkanes of at least 4 members (excludes halogenated alkanes) is 8. The van der Waals surface area contributed by atoms with Gasteiger partial charge in [-0.3, -0.25) is 9.59 Å². The van der Waals surface area contributed by atoms with E-state index in [0.717, 1.165) is 12.8 Å². The molecule has 0 bridgehead atoms. The molecule has 0 heterocycles. The lowest BCUT2D eigenvalue weighted by Gasteiger charge is -2.12. The van der Waals surface area contributed by atoms with Gasteiger partial charge in [0.15, 0.2) is 0 Å². The van der Waals surface area contributed by atoms with E-state index in [-0.39, 0.29) is 12.2 Å². The third-order valence-corrected chi connectivity index (χ3v) is 4.05. The molecular formula is C17H34N2O3. The summed E-state index contributed by atoms with van der Waals surface area (Å²) in [4.78, 5) is 22.4. The van der Waals surface area contributed by atoms with Crippen LogP contribution in [0, 0.1) is 0 Å². The van der Waals surface area contributed by atoms with Crippen molar-refractivity contribution in [2.24, 2.45) is 11.5 Å². The topological polar surface area (TPSA) is 106 Å². The Hall–Kier alpha value is -0.940. The summed E-state index contributed by atoms with van der Waals surface area (Å²) in [5, 5.41) is 8.67. The number of aliphatic carboxylic acids is 1. The molecule has 0 spiro atoms. The van der Waals surface area contributed by atoms with Crippen molar-refractivity contribution >= 4 is 11.8 Å². The maximum absolute atomic E-state index is 11.8. The van der Waals surface area contributed by atoms with Crippen molar-refractivity contribution < 1.29 is 14.7 Å². The summed E-state index contributed by atoms with van der Waals surface area (Å²) in [7, 11) is 0. The molecule has 0 saturated heterocycles. The highest BCUT2D eigenvalue weighted by molar-refractivity contribution is 5.83. The number of nitrogens with two attached hydrogens (primary N) is 2. The lowest BCUT2D eigenvalue weighted by Crippen LogP contribution is -2.35. The van der Waals surface area contributed by atoms with E-state index in [9.17, 15) is 9.59 Å². The molecule has 1 unspecified atom stereocenters. The van der Waals surface area contributed by atoms with Gasteiger partial charge in [0.2, 0.25) is 0 Å². The molecule has 0 fully saturated rings. The molecular weight excluding hydrogens is 280 g/mol. The highest BCUT2D eigenvalue weighted by Crippen LogP contribution is 2.11. The molecule has 0 aliphatic rings. The third kappa shape index (κ3) is 11.7. The first-order valence-electron chi connectivity index (χ1n) is 8.75. The normalized spacial score (nSPS) is 13.8. The van der Waals surface area contributed by atoms with Gasteiger partial charge in [-0.05, 0) is 19.3 Å². The minimum Gasteiger partial charge on any atom is -0.480 e. The molecule has 0 aromatic carbocycles. The number of carbonyl (C=O) groups is 2. The van der Waals surface area contributed by atoms with Crippen LogP contribution in [-0.4, -0.2) is 28.9 Å². The lowest BCUT2D eigenvalue weighted by atomic mass is 9.99. The quantitative estimate of drug-likeness (QED) is 0.403. The Labute approximate surface area is 134 Å². The fourth-order valence-corrected chi connectivity index (χ4v) is 2.44. The van der Waals surface area contributed by atoms with Crippen LogP contribution in [0.4, 0.5) is 0 Å². The lowest BCUT2D eigenvalue weighted by molar-refractivity contribution is -0.138. The van der Waals surface area contributed by atoms with Crippen LogP contribution in [0.5, 0.6) is 0 Å². The van der Waals surface area contributed by atoms with Crippen molar-refractivity contribution in [3.8, 4) is 0 Å². The van der Waals surface area contributed by atoms with E-state index < -0.39 is 18.1 Å². The van der Waals surface area contributed by atoms with E-state index >= 15 is 0 Å². The van der Waals surface area contributed by atoms with Gasteiger partial charge >= 0.3 is 5.97 Å². The molecule has 2 atom stereocenters. The largest absolute Gasteiger partial charge is 0.480 e. The van der Waals surface area contributed by atoms with Crippen LogP contribution in [0.15, 0.2) is 0 Å². The molecule has 5 nitrogen and oxygen atoms in total. The average molecular weight is 314 g/mol. The fourth-order valence-electron chi connectivity index (χ4n) is 2.44. The van der Waals surface area contributed by atoms with E-state index in [1.165, 1.54) is 44.9 Å². The molecule has 0 amide bonds. The molecule has 0 aromatic heterocycles. The van der Waals surface area contributed by atoms with Gasteiger partial charge in [0.1, 0.15) is 11.8 Å². The van der Waals surface area contributed by atoms with Crippen molar-refractivity contribution in [3.63, 3.8) is 0 Å². The third-order valence-electron chi connectivity index (χ3n) is 4.05. The smallest absolute Gasteiger partial charge is 0.320 e. The number of hydrogen-bond donors (Lipinski definition) is 3. The Kier molecular flexibility index (Phi) is 13.1. The molecule has 0 aliphatic heterocycles. The first kappa shape index (κ1) is 21.1. The monoisotopic (exact) mass is 314 g/mol. The Balaban J connectivity index is 3.50. The highest BCUT2D eigenvalue weighted by Gasteiger charge is 2.17. The number of rotatable bonds is 15. The van der Waals surface area contributed by atoms with Crippen LogP contribution in [-0.2, 0) is 9.59 Å². The standard InChI is InChI=1S/C17H34N2O3/c1-2-3-4-5-6-7-8-9-10-11-16(20)14(18)12-13-15(19)17(21)22/h14-15H,2-13,18-19H2,1H3,(H,21,22)/t14?,15-/m0/s1. The van der Waals surface area contributed by atoms with Crippen molar-refractivity contribution in [2.75, 3.05) is 0 Å².